The minimum Gasteiger partial charge on any atom is -0.489 e. The second-order valence-corrected chi connectivity index (χ2v) is 9.18. The summed E-state index contributed by atoms with van der Waals surface area (Å²) < 4.78 is 35.9. The molecule has 2 N–H and O–H groups in total. The molecule has 1 fully saturated rings. The van der Waals surface area contributed by atoms with Crippen molar-refractivity contribution in [2.45, 2.75) is 57.2 Å². The van der Waals surface area contributed by atoms with Gasteiger partial charge in [0.05, 0.1) is 5.52 Å². The highest BCUT2D eigenvalue weighted by atomic mass is 35.5. The average Bonchev–Trinajstić information content (AvgIpc) is 3.16. The third-order valence-electron chi connectivity index (χ3n) is 7.15. The molecule has 1 aliphatic heterocycles. The van der Waals surface area contributed by atoms with E-state index in [1.165, 1.54) is 24.6 Å². The number of primary amides is 1. The quantitative estimate of drug-likeness (QED) is 0.449. The molecule has 5 rings (SSSR count). The topological polar surface area (TPSA) is 60.5 Å². The summed E-state index contributed by atoms with van der Waals surface area (Å²) >= 11 is 0. The number of carbonyl (C=O) groups is 1. The summed E-state index contributed by atoms with van der Waals surface area (Å²) in [4.78, 5) is 14.4. The van der Waals surface area contributed by atoms with Gasteiger partial charge in [-0.15, -0.1) is 12.4 Å². The van der Waals surface area contributed by atoms with Crippen molar-refractivity contribution in [3.8, 4) is 5.75 Å². The summed E-state index contributed by atoms with van der Waals surface area (Å²) in [6.45, 7) is 2.14. The van der Waals surface area contributed by atoms with Crippen LogP contribution in [0.4, 0.5) is 8.78 Å². The number of nitrogens with two attached hydrogens (primary N) is 1. The fourth-order valence-electron chi connectivity index (χ4n) is 5.19. The van der Waals surface area contributed by atoms with Gasteiger partial charge in [0.2, 0.25) is 5.91 Å². The van der Waals surface area contributed by atoms with E-state index in [0.29, 0.717) is 30.2 Å². The molecule has 1 amide bonds. The van der Waals surface area contributed by atoms with Crippen LogP contribution in [0.3, 0.4) is 0 Å². The zero-order valence-corrected chi connectivity index (χ0v) is 19.8. The number of carbonyl (C=O) groups excluding carboxylic acids is 1. The predicted molar refractivity (Wildman–Crippen MR) is 131 cm³/mol. The smallest absolute Gasteiger partial charge is 0.249 e. The molecule has 5 nitrogen and oxygen atoms in total. The molecule has 0 radical (unpaired) electrons. The average molecular weight is 490 g/mol. The van der Waals surface area contributed by atoms with Gasteiger partial charge in [-0.1, -0.05) is 6.42 Å². The summed E-state index contributed by atoms with van der Waals surface area (Å²) in [6, 6.07) is 10.2. The maximum atomic E-state index is 14.3. The fraction of sp³-hybridized carbons (Fsp3) is 0.423. The second kappa shape index (κ2) is 10.3. The molecule has 1 atom stereocenters. The third kappa shape index (κ3) is 4.77. The molecule has 2 aliphatic rings. The molecule has 2 heterocycles. The molecule has 3 aromatic rings. The SMILES string of the molecule is Cl.NC(=O)c1ccc(F)c2c1CC(N(CCCCn1ccc3ccc(F)cc31)C1CCC1)CO2. The van der Waals surface area contributed by atoms with Crippen molar-refractivity contribution in [3.05, 3.63) is 65.4 Å². The Morgan fingerprint density at radius 2 is 1.94 bits per heavy atom. The zero-order chi connectivity index (χ0) is 22.9. The molecule has 0 bridgehead atoms. The van der Waals surface area contributed by atoms with Crippen molar-refractivity contribution in [1.29, 1.82) is 0 Å². The Morgan fingerprint density at radius 3 is 2.68 bits per heavy atom. The van der Waals surface area contributed by atoms with Gasteiger partial charge in [-0.3, -0.25) is 9.69 Å². The van der Waals surface area contributed by atoms with Crippen molar-refractivity contribution in [2.75, 3.05) is 13.2 Å². The van der Waals surface area contributed by atoms with Crippen LogP contribution in [0.2, 0.25) is 0 Å². The van der Waals surface area contributed by atoms with Gasteiger partial charge in [0.15, 0.2) is 11.6 Å². The van der Waals surface area contributed by atoms with Gasteiger partial charge in [-0.25, -0.2) is 8.78 Å². The number of unbranched alkanes of at least 4 members (excludes halogenated alkanes) is 1. The van der Waals surface area contributed by atoms with Crippen molar-refractivity contribution < 1.29 is 18.3 Å². The first-order valence-corrected chi connectivity index (χ1v) is 11.8. The molecule has 1 aliphatic carbocycles. The second-order valence-electron chi connectivity index (χ2n) is 9.18. The van der Waals surface area contributed by atoms with Crippen molar-refractivity contribution >= 4 is 29.2 Å². The molecule has 1 aromatic heterocycles. The number of aryl methyl sites for hydroxylation is 1. The lowest BCUT2D eigenvalue weighted by Crippen LogP contribution is -2.51. The van der Waals surface area contributed by atoms with E-state index in [2.05, 4.69) is 9.47 Å². The summed E-state index contributed by atoms with van der Waals surface area (Å²) in [6.07, 6.45) is 8.04. The number of rotatable bonds is 8. The summed E-state index contributed by atoms with van der Waals surface area (Å²) in [5.74, 6) is -1.05. The van der Waals surface area contributed by atoms with Crippen LogP contribution in [0, 0.1) is 11.6 Å². The van der Waals surface area contributed by atoms with E-state index < -0.39 is 11.7 Å². The molecule has 0 spiro atoms. The summed E-state index contributed by atoms with van der Waals surface area (Å²) in [5.41, 5.74) is 7.40. The first-order valence-electron chi connectivity index (χ1n) is 11.8. The standard InChI is InChI=1S/C26H29F2N3O2.ClH/c27-18-7-6-17-10-13-30(24(17)14-18)11-1-2-12-31(19-4-3-5-19)20-15-22-21(26(29)32)8-9-23(28)25(22)33-16-20;/h6-10,13-14,19-20H,1-5,11-12,15-16H2,(H2,29,32);1H. The van der Waals surface area contributed by atoms with Gasteiger partial charge in [0.1, 0.15) is 12.4 Å². The summed E-state index contributed by atoms with van der Waals surface area (Å²) in [5, 5.41) is 1.04. The Labute approximate surface area is 204 Å². The largest absolute Gasteiger partial charge is 0.489 e. The first-order chi connectivity index (χ1) is 16.0. The predicted octanol–water partition coefficient (Wildman–Crippen LogP) is 5.08. The molecule has 2 aromatic carbocycles. The number of ether oxygens (including phenoxy) is 1. The van der Waals surface area contributed by atoms with E-state index >= 15 is 0 Å². The molecule has 8 heteroatoms. The molecule has 182 valence electrons. The maximum Gasteiger partial charge on any atom is 0.249 e. The van der Waals surface area contributed by atoms with Crippen LogP contribution in [0.5, 0.6) is 5.75 Å². The van der Waals surface area contributed by atoms with Gasteiger partial charge in [-0.2, -0.15) is 0 Å². The number of fused-ring (bicyclic) bond motifs is 2. The Kier molecular flexibility index (Phi) is 7.43. The molecule has 1 unspecified atom stereocenters. The zero-order valence-electron chi connectivity index (χ0n) is 19.0. The fourth-order valence-corrected chi connectivity index (χ4v) is 5.19. The Balaban J connectivity index is 0.00000274. The Hall–Kier alpha value is -2.64. The van der Waals surface area contributed by atoms with E-state index in [4.69, 9.17) is 10.5 Å². The van der Waals surface area contributed by atoms with Crippen molar-refractivity contribution in [2.24, 2.45) is 5.73 Å². The van der Waals surface area contributed by atoms with Crippen molar-refractivity contribution in [3.63, 3.8) is 0 Å². The minimum absolute atomic E-state index is 0. The lowest BCUT2D eigenvalue weighted by molar-refractivity contribution is 0.0414. The van der Waals surface area contributed by atoms with Crippen LogP contribution in [-0.4, -0.2) is 40.6 Å². The number of amides is 1. The molecule has 0 saturated heterocycles. The van der Waals surface area contributed by atoms with Crippen LogP contribution in [0.25, 0.3) is 10.9 Å². The normalized spacial score (nSPS) is 17.7. The van der Waals surface area contributed by atoms with E-state index in [9.17, 15) is 13.6 Å². The van der Waals surface area contributed by atoms with Gasteiger partial charge in [0.25, 0.3) is 0 Å². The van der Waals surface area contributed by atoms with E-state index in [0.717, 1.165) is 49.7 Å². The van der Waals surface area contributed by atoms with Crippen LogP contribution in [-0.2, 0) is 13.0 Å². The minimum atomic E-state index is -0.555. The van der Waals surface area contributed by atoms with E-state index in [-0.39, 0.29) is 30.0 Å². The summed E-state index contributed by atoms with van der Waals surface area (Å²) in [7, 11) is 0. The molecular formula is C26H30ClF2N3O2. The maximum absolute atomic E-state index is 14.3. The molecular weight excluding hydrogens is 460 g/mol. The monoisotopic (exact) mass is 489 g/mol. The molecule has 1 saturated carbocycles. The lowest BCUT2D eigenvalue weighted by Gasteiger charge is -2.44. The highest BCUT2D eigenvalue weighted by Gasteiger charge is 2.35. The Morgan fingerprint density at radius 1 is 1.12 bits per heavy atom. The number of nitrogens with zero attached hydrogens (tertiary/aromatic N) is 2. The van der Waals surface area contributed by atoms with Crippen LogP contribution in [0.1, 0.15) is 48.0 Å². The number of hydrogen-bond donors (Lipinski definition) is 1. The number of benzene rings is 2. The van der Waals surface area contributed by atoms with E-state index in [1.54, 1.807) is 6.07 Å². The highest BCUT2D eigenvalue weighted by Crippen LogP contribution is 2.35. The van der Waals surface area contributed by atoms with Gasteiger partial charge in [-0.05, 0) is 80.4 Å². The highest BCUT2D eigenvalue weighted by molar-refractivity contribution is 5.95. The van der Waals surface area contributed by atoms with Gasteiger partial charge in [0, 0.05) is 36.0 Å². The number of hydrogen-bond acceptors (Lipinski definition) is 3. The number of aromatic nitrogens is 1. The molecule has 34 heavy (non-hydrogen) atoms. The van der Waals surface area contributed by atoms with Crippen LogP contribution in [0.15, 0.2) is 42.6 Å². The van der Waals surface area contributed by atoms with Gasteiger partial charge >= 0.3 is 0 Å². The first kappa shape index (κ1) is 24.5. The van der Waals surface area contributed by atoms with Gasteiger partial charge < -0.3 is 15.0 Å². The number of halogens is 3. The van der Waals surface area contributed by atoms with Crippen molar-refractivity contribution in [1.82, 2.24) is 9.47 Å². The third-order valence-corrected chi connectivity index (χ3v) is 7.15. The van der Waals surface area contributed by atoms with Crippen LogP contribution >= 0.6 is 12.4 Å². The Bertz CT molecular complexity index is 1180. The van der Waals surface area contributed by atoms with Crippen LogP contribution < -0.4 is 10.5 Å². The lowest BCUT2D eigenvalue weighted by atomic mass is 9.87. The van der Waals surface area contributed by atoms with E-state index in [1.807, 2.05) is 18.3 Å².